The van der Waals surface area contributed by atoms with Gasteiger partial charge in [-0.3, -0.25) is 14.6 Å². The van der Waals surface area contributed by atoms with Gasteiger partial charge in [-0.1, -0.05) is 88.9 Å². The smallest absolute Gasteiger partial charge is 0.328 e. The third-order valence-electron chi connectivity index (χ3n) is 7.81. The van der Waals surface area contributed by atoms with Gasteiger partial charge in [0.2, 0.25) is 15.9 Å². The minimum atomic E-state index is -4.25. The lowest BCUT2D eigenvalue weighted by atomic mass is 9.96. The number of sulfonamides is 1. The first-order valence-electron chi connectivity index (χ1n) is 14.5. The summed E-state index contributed by atoms with van der Waals surface area (Å²) in [6.07, 6.45) is 2.79. The van der Waals surface area contributed by atoms with Crippen molar-refractivity contribution >= 4 is 79.9 Å². The molecule has 15 heteroatoms. The van der Waals surface area contributed by atoms with E-state index in [1.165, 1.54) is 37.7 Å². The van der Waals surface area contributed by atoms with E-state index in [1.54, 1.807) is 24.3 Å². The predicted molar refractivity (Wildman–Crippen MR) is 184 cm³/mol. The maximum absolute atomic E-state index is 13.9. The third-order valence-corrected chi connectivity index (χ3v) is 10.7. The molecule has 3 atom stereocenters. The highest BCUT2D eigenvalue weighted by Gasteiger charge is 2.45. The first-order chi connectivity index (χ1) is 22.9. The normalized spacial score (nSPS) is 17.0. The summed E-state index contributed by atoms with van der Waals surface area (Å²) < 4.78 is 33.9. The molecule has 1 aliphatic rings. The number of amides is 2. The van der Waals surface area contributed by atoms with E-state index in [2.05, 4.69) is 15.6 Å². The van der Waals surface area contributed by atoms with E-state index in [4.69, 9.17) is 51.1 Å². The average molecular weight is 750 g/mol. The van der Waals surface area contributed by atoms with Crippen LogP contribution < -0.4 is 10.6 Å². The van der Waals surface area contributed by atoms with E-state index in [0.29, 0.717) is 11.3 Å². The van der Waals surface area contributed by atoms with Crippen molar-refractivity contribution in [2.75, 3.05) is 19.0 Å². The number of pyridine rings is 1. The molecule has 2 N–H and O–H groups in total. The van der Waals surface area contributed by atoms with Crippen molar-refractivity contribution in [3.05, 3.63) is 122 Å². The first-order valence-corrected chi connectivity index (χ1v) is 17.4. The third kappa shape index (κ3) is 8.11. The highest BCUT2D eigenvalue weighted by atomic mass is 35.5. The standard InChI is InChI=1S/C33H28Cl4N4O6S/c1-47-33(44)28(11-19-7-9-24(10-8-19)39-32(43)30-26(36)16-38-17-27(30)37)40-31(42)29-12-21(20-5-3-2-4-6-20)18-41(29)48(45,46)25-14-22(34)13-23(35)15-25/h2-10,13-17,21,28-29H,11-12,18H2,1H3,(H,39,43)(H,40,42)/t21-,28+,29?/m1/s1. The molecule has 10 nitrogen and oxygen atoms in total. The molecule has 0 saturated carbocycles. The minimum absolute atomic E-state index is 0.0140. The largest absolute Gasteiger partial charge is 0.467 e. The summed E-state index contributed by atoms with van der Waals surface area (Å²) >= 11 is 24.4. The van der Waals surface area contributed by atoms with E-state index >= 15 is 0 Å². The van der Waals surface area contributed by atoms with Crippen LogP contribution in [0, 0.1) is 0 Å². The van der Waals surface area contributed by atoms with Crippen molar-refractivity contribution < 1.29 is 27.5 Å². The number of carbonyl (C=O) groups excluding carboxylic acids is 3. The predicted octanol–water partition coefficient (Wildman–Crippen LogP) is 6.39. The molecule has 250 valence electrons. The maximum atomic E-state index is 13.9. The minimum Gasteiger partial charge on any atom is -0.467 e. The highest BCUT2D eigenvalue weighted by Crippen LogP contribution is 2.37. The van der Waals surface area contributed by atoms with Crippen molar-refractivity contribution in [3.8, 4) is 0 Å². The number of rotatable bonds is 10. The van der Waals surface area contributed by atoms with Crippen LogP contribution in [0.3, 0.4) is 0 Å². The zero-order valence-corrected chi connectivity index (χ0v) is 29.0. The SMILES string of the molecule is COC(=O)[C@H](Cc1ccc(NC(=O)c2c(Cl)cncc2Cl)cc1)NC(=O)C1C[C@@H](c2ccccc2)CN1S(=O)(=O)c1cc(Cl)cc(Cl)c1. The van der Waals surface area contributed by atoms with Gasteiger partial charge in [0.05, 0.1) is 27.6 Å². The lowest BCUT2D eigenvalue weighted by Gasteiger charge is -2.25. The molecule has 0 aliphatic carbocycles. The van der Waals surface area contributed by atoms with E-state index < -0.39 is 39.9 Å². The summed E-state index contributed by atoms with van der Waals surface area (Å²) in [5.41, 5.74) is 1.98. The van der Waals surface area contributed by atoms with Gasteiger partial charge in [-0.25, -0.2) is 13.2 Å². The van der Waals surface area contributed by atoms with Crippen molar-refractivity contribution in [3.63, 3.8) is 0 Å². The van der Waals surface area contributed by atoms with Crippen LogP contribution in [0.25, 0.3) is 0 Å². The number of methoxy groups -OCH3 is 1. The van der Waals surface area contributed by atoms with E-state index in [9.17, 15) is 22.8 Å². The lowest BCUT2D eigenvalue weighted by molar-refractivity contribution is -0.145. The molecule has 2 heterocycles. The topological polar surface area (TPSA) is 135 Å². The van der Waals surface area contributed by atoms with Crippen molar-refractivity contribution in [1.82, 2.24) is 14.6 Å². The zero-order valence-electron chi connectivity index (χ0n) is 25.2. The molecule has 0 bridgehead atoms. The van der Waals surface area contributed by atoms with Crippen molar-refractivity contribution in [2.45, 2.75) is 35.7 Å². The second-order valence-electron chi connectivity index (χ2n) is 11.0. The summed E-state index contributed by atoms with van der Waals surface area (Å²) in [6, 6.07) is 17.5. The Bertz CT molecular complexity index is 1910. The summed E-state index contributed by atoms with van der Waals surface area (Å²) in [5, 5.41) is 5.85. The van der Waals surface area contributed by atoms with Crippen LogP contribution in [-0.2, 0) is 30.8 Å². The van der Waals surface area contributed by atoms with Crippen LogP contribution in [0.4, 0.5) is 5.69 Å². The molecule has 1 unspecified atom stereocenters. The molecule has 4 aromatic rings. The fourth-order valence-electron chi connectivity index (χ4n) is 5.47. The molecule has 1 aliphatic heterocycles. The van der Waals surface area contributed by atoms with E-state index in [0.717, 1.165) is 9.87 Å². The highest BCUT2D eigenvalue weighted by molar-refractivity contribution is 7.89. The van der Waals surface area contributed by atoms with Gasteiger partial charge in [0.25, 0.3) is 5.91 Å². The fourth-order valence-corrected chi connectivity index (χ4v) is 8.38. The molecule has 5 rings (SSSR count). The van der Waals surface area contributed by atoms with Gasteiger partial charge in [0.15, 0.2) is 0 Å². The lowest BCUT2D eigenvalue weighted by Crippen LogP contribution is -2.51. The number of ether oxygens (including phenoxy) is 1. The summed E-state index contributed by atoms with van der Waals surface area (Å²) in [6.45, 7) is 0.0144. The molecular weight excluding hydrogens is 722 g/mol. The number of nitrogens with one attached hydrogen (secondary N) is 2. The number of hydrogen-bond donors (Lipinski definition) is 2. The van der Waals surface area contributed by atoms with Gasteiger partial charge in [0, 0.05) is 41.1 Å². The van der Waals surface area contributed by atoms with Crippen LogP contribution in [-0.4, -0.2) is 61.2 Å². The van der Waals surface area contributed by atoms with Gasteiger partial charge in [-0.15, -0.1) is 0 Å². The first kappa shape index (κ1) is 35.6. The number of aromatic nitrogens is 1. The molecule has 1 fully saturated rings. The Morgan fingerprint density at radius 1 is 0.938 bits per heavy atom. The Balaban J connectivity index is 1.36. The van der Waals surface area contributed by atoms with Crippen LogP contribution >= 0.6 is 46.4 Å². The van der Waals surface area contributed by atoms with E-state index in [1.807, 2.05) is 30.3 Å². The number of nitrogens with zero attached hydrogens (tertiary/aromatic N) is 2. The molecule has 2 amide bonds. The maximum Gasteiger partial charge on any atom is 0.328 e. The Morgan fingerprint density at radius 2 is 1.56 bits per heavy atom. The van der Waals surface area contributed by atoms with Crippen molar-refractivity contribution in [1.29, 1.82) is 0 Å². The Kier molecular flexibility index (Phi) is 11.3. The second-order valence-corrected chi connectivity index (χ2v) is 14.5. The Morgan fingerprint density at radius 3 is 2.17 bits per heavy atom. The van der Waals surface area contributed by atoms with Crippen molar-refractivity contribution in [2.24, 2.45) is 0 Å². The summed E-state index contributed by atoms with van der Waals surface area (Å²) in [5.74, 6) is -2.24. The second kappa shape index (κ2) is 15.2. The Hall–Kier alpha value is -3.71. The zero-order chi connectivity index (χ0) is 34.6. The van der Waals surface area contributed by atoms with Gasteiger partial charge >= 0.3 is 5.97 Å². The molecule has 48 heavy (non-hydrogen) atoms. The number of halogens is 4. The molecule has 0 radical (unpaired) electrons. The number of benzene rings is 3. The van der Waals surface area contributed by atoms with Gasteiger partial charge in [-0.05, 0) is 53.8 Å². The number of esters is 1. The summed E-state index contributed by atoms with van der Waals surface area (Å²) in [7, 11) is -3.06. The Labute approximate surface area is 297 Å². The molecule has 3 aromatic carbocycles. The molecule has 1 saturated heterocycles. The molecule has 1 aromatic heterocycles. The van der Waals surface area contributed by atoms with Gasteiger partial charge < -0.3 is 15.4 Å². The fraction of sp³-hybridized carbons (Fsp3) is 0.212. The number of carbonyl (C=O) groups is 3. The van der Waals surface area contributed by atoms with Crippen LogP contribution in [0.1, 0.15) is 33.8 Å². The van der Waals surface area contributed by atoms with Crippen LogP contribution in [0.5, 0.6) is 0 Å². The average Bonchev–Trinajstić information content (AvgIpc) is 3.52. The number of anilines is 1. The number of hydrogen-bond acceptors (Lipinski definition) is 7. The van der Waals surface area contributed by atoms with Crippen LogP contribution in [0.15, 0.2) is 90.1 Å². The van der Waals surface area contributed by atoms with E-state index in [-0.39, 0.29) is 55.9 Å². The quantitative estimate of drug-likeness (QED) is 0.179. The van der Waals surface area contributed by atoms with Gasteiger partial charge in [-0.2, -0.15) is 4.31 Å². The monoisotopic (exact) mass is 748 g/mol. The van der Waals surface area contributed by atoms with Crippen LogP contribution in [0.2, 0.25) is 20.1 Å². The molecule has 0 spiro atoms. The summed E-state index contributed by atoms with van der Waals surface area (Å²) in [4.78, 5) is 43.2. The molecular formula is C33H28Cl4N4O6S. The van der Waals surface area contributed by atoms with Gasteiger partial charge in [0.1, 0.15) is 12.1 Å².